The number of hydrogen-bond acceptors (Lipinski definition) is 7. The van der Waals surface area contributed by atoms with Crippen molar-refractivity contribution in [2.75, 3.05) is 23.7 Å². The highest BCUT2D eigenvalue weighted by Crippen LogP contribution is 2.40. The monoisotopic (exact) mass is 323 g/mol. The molecule has 6 nitrogen and oxygen atoms in total. The molecule has 0 aliphatic carbocycles. The van der Waals surface area contributed by atoms with Crippen molar-refractivity contribution in [2.24, 2.45) is 11.7 Å². The van der Waals surface area contributed by atoms with E-state index in [1.54, 1.807) is 11.3 Å². The molecule has 112 valence electrons. The van der Waals surface area contributed by atoms with Crippen molar-refractivity contribution in [3.8, 4) is 11.3 Å². The van der Waals surface area contributed by atoms with Crippen molar-refractivity contribution in [1.82, 2.24) is 9.36 Å². The van der Waals surface area contributed by atoms with E-state index >= 15 is 0 Å². The molecule has 1 amide bonds. The number of primary amides is 1. The molecule has 3 heterocycles. The molecule has 1 aliphatic rings. The molecule has 1 aliphatic heterocycles. The number of thiazole rings is 1. The van der Waals surface area contributed by atoms with Crippen LogP contribution < -0.4 is 16.4 Å². The summed E-state index contributed by atoms with van der Waals surface area (Å²) in [5, 5.41) is 4.06. The third kappa shape index (κ3) is 2.73. The van der Waals surface area contributed by atoms with Gasteiger partial charge in [-0.3, -0.25) is 4.79 Å². The molecule has 4 N–H and O–H groups in total. The first-order valence-electron chi connectivity index (χ1n) is 6.78. The molecule has 2 aromatic rings. The Bertz CT molecular complexity index is 657. The van der Waals surface area contributed by atoms with Gasteiger partial charge in [-0.15, -0.1) is 11.3 Å². The Morgan fingerprint density at radius 2 is 2.14 bits per heavy atom. The number of piperidine rings is 1. The summed E-state index contributed by atoms with van der Waals surface area (Å²) in [4.78, 5) is 18.0. The molecule has 0 atom stereocenters. The van der Waals surface area contributed by atoms with E-state index in [1.807, 2.05) is 12.3 Å². The minimum absolute atomic E-state index is 0.0171. The van der Waals surface area contributed by atoms with Crippen LogP contribution in [-0.2, 0) is 4.79 Å². The highest BCUT2D eigenvalue weighted by atomic mass is 32.1. The summed E-state index contributed by atoms with van der Waals surface area (Å²) in [5.41, 5.74) is 13.2. The van der Waals surface area contributed by atoms with Gasteiger partial charge in [0.2, 0.25) is 5.91 Å². The van der Waals surface area contributed by atoms with E-state index in [2.05, 4.69) is 14.3 Å². The number of aryl methyl sites for hydroxylation is 1. The molecule has 0 bridgehead atoms. The SMILES string of the molecule is Cc1nc(-c2c(N)nsc2N2CCC(C(N)=O)CC2)cs1. The van der Waals surface area contributed by atoms with E-state index in [-0.39, 0.29) is 11.8 Å². The van der Waals surface area contributed by atoms with Gasteiger partial charge in [0.15, 0.2) is 0 Å². The van der Waals surface area contributed by atoms with E-state index in [1.165, 1.54) is 11.5 Å². The summed E-state index contributed by atoms with van der Waals surface area (Å²) in [6, 6.07) is 0. The fourth-order valence-electron chi connectivity index (χ4n) is 2.60. The first-order valence-corrected chi connectivity index (χ1v) is 8.43. The third-order valence-electron chi connectivity index (χ3n) is 3.76. The molecule has 8 heteroatoms. The van der Waals surface area contributed by atoms with E-state index < -0.39 is 0 Å². The maximum Gasteiger partial charge on any atom is 0.220 e. The lowest BCUT2D eigenvalue weighted by Gasteiger charge is -2.31. The summed E-state index contributed by atoms with van der Waals surface area (Å²) >= 11 is 3.00. The molecular formula is C13H17N5OS2. The van der Waals surface area contributed by atoms with Gasteiger partial charge in [-0.05, 0) is 31.3 Å². The lowest BCUT2D eigenvalue weighted by Crippen LogP contribution is -2.38. The van der Waals surface area contributed by atoms with Gasteiger partial charge in [0.1, 0.15) is 10.8 Å². The summed E-state index contributed by atoms with van der Waals surface area (Å²) < 4.78 is 4.28. The second kappa shape index (κ2) is 5.61. The zero-order valence-electron chi connectivity index (χ0n) is 11.7. The molecule has 1 saturated heterocycles. The van der Waals surface area contributed by atoms with Crippen LogP contribution in [0.25, 0.3) is 11.3 Å². The zero-order chi connectivity index (χ0) is 15.0. The van der Waals surface area contributed by atoms with Crippen LogP contribution in [-0.4, -0.2) is 28.4 Å². The van der Waals surface area contributed by atoms with Gasteiger partial charge in [-0.25, -0.2) is 4.98 Å². The average molecular weight is 323 g/mol. The number of carbonyl (C=O) groups is 1. The summed E-state index contributed by atoms with van der Waals surface area (Å²) in [5.74, 6) is 0.308. The number of rotatable bonds is 3. The van der Waals surface area contributed by atoms with Gasteiger partial charge in [0.05, 0.1) is 16.3 Å². The molecule has 21 heavy (non-hydrogen) atoms. The van der Waals surface area contributed by atoms with Gasteiger partial charge in [0, 0.05) is 24.4 Å². The first-order chi connectivity index (χ1) is 10.1. The molecule has 0 unspecified atom stereocenters. The average Bonchev–Trinajstić information content (AvgIpc) is 3.04. The lowest BCUT2D eigenvalue weighted by molar-refractivity contribution is -0.122. The zero-order valence-corrected chi connectivity index (χ0v) is 13.3. The fourth-order valence-corrected chi connectivity index (χ4v) is 4.07. The van der Waals surface area contributed by atoms with Crippen molar-refractivity contribution < 1.29 is 4.79 Å². The Labute approximate surface area is 130 Å². The quantitative estimate of drug-likeness (QED) is 0.898. The standard InChI is InChI=1S/C13H17N5OS2/c1-7-16-9(6-20-7)10-11(14)17-21-13(10)18-4-2-8(3-5-18)12(15)19/h6,8H,2-5H2,1H3,(H2,14,17)(H2,15,19). The van der Waals surface area contributed by atoms with Crippen LogP contribution in [0.3, 0.4) is 0 Å². The third-order valence-corrected chi connectivity index (χ3v) is 5.46. The summed E-state index contributed by atoms with van der Waals surface area (Å²) in [6.07, 6.45) is 1.56. The number of carbonyl (C=O) groups excluding carboxylic acids is 1. The molecule has 0 radical (unpaired) electrons. The van der Waals surface area contributed by atoms with Crippen LogP contribution in [0.5, 0.6) is 0 Å². The number of nitrogens with two attached hydrogens (primary N) is 2. The van der Waals surface area contributed by atoms with E-state index in [9.17, 15) is 4.79 Å². The van der Waals surface area contributed by atoms with Crippen LogP contribution in [0.2, 0.25) is 0 Å². The fraction of sp³-hybridized carbons (Fsp3) is 0.462. The molecule has 0 aromatic carbocycles. The number of aromatic nitrogens is 2. The summed E-state index contributed by atoms with van der Waals surface area (Å²) in [6.45, 7) is 3.57. The molecule has 2 aromatic heterocycles. The number of nitrogen functional groups attached to an aromatic ring is 1. The first kappa shape index (κ1) is 14.3. The minimum Gasteiger partial charge on any atom is -0.382 e. The van der Waals surface area contributed by atoms with Crippen molar-refractivity contribution in [2.45, 2.75) is 19.8 Å². The van der Waals surface area contributed by atoms with Crippen LogP contribution >= 0.6 is 22.9 Å². The Kier molecular flexibility index (Phi) is 3.81. The van der Waals surface area contributed by atoms with E-state index in [0.717, 1.165) is 47.2 Å². The number of nitrogens with zero attached hydrogens (tertiary/aromatic N) is 3. The van der Waals surface area contributed by atoms with Gasteiger partial charge in [-0.2, -0.15) is 4.37 Å². The van der Waals surface area contributed by atoms with Gasteiger partial charge in [0.25, 0.3) is 0 Å². The highest BCUT2D eigenvalue weighted by Gasteiger charge is 2.27. The number of amides is 1. The van der Waals surface area contributed by atoms with Crippen LogP contribution in [0.4, 0.5) is 10.8 Å². The maximum absolute atomic E-state index is 11.3. The smallest absolute Gasteiger partial charge is 0.220 e. The molecule has 0 spiro atoms. The molecule has 1 fully saturated rings. The Balaban J connectivity index is 1.86. The lowest BCUT2D eigenvalue weighted by atomic mass is 9.96. The van der Waals surface area contributed by atoms with Gasteiger partial charge < -0.3 is 16.4 Å². The Hall–Kier alpha value is -1.67. The second-order valence-electron chi connectivity index (χ2n) is 5.16. The second-order valence-corrected chi connectivity index (χ2v) is 6.98. The maximum atomic E-state index is 11.3. The molecule has 0 saturated carbocycles. The largest absolute Gasteiger partial charge is 0.382 e. The predicted octanol–water partition coefficient (Wildman–Crippen LogP) is 1.86. The minimum atomic E-state index is -0.200. The van der Waals surface area contributed by atoms with Crippen molar-refractivity contribution in [3.63, 3.8) is 0 Å². The van der Waals surface area contributed by atoms with Crippen molar-refractivity contribution in [1.29, 1.82) is 0 Å². The van der Waals surface area contributed by atoms with Crippen molar-refractivity contribution >= 4 is 39.6 Å². The Morgan fingerprint density at radius 1 is 1.43 bits per heavy atom. The Morgan fingerprint density at radius 3 is 2.71 bits per heavy atom. The molecule has 3 rings (SSSR count). The van der Waals surface area contributed by atoms with Crippen LogP contribution in [0, 0.1) is 12.8 Å². The van der Waals surface area contributed by atoms with Crippen molar-refractivity contribution in [3.05, 3.63) is 10.4 Å². The highest BCUT2D eigenvalue weighted by molar-refractivity contribution is 7.11. The van der Waals surface area contributed by atoms with Crippen LogP contribution in [0.1, 0.15) is 17.8 Å². The predicted molar refractivity (Wildman–Crippen MR) is 86.5 cm³/mol. The summed E-state index contributed by atoms with van der Waals surface area (Å²) in [7, 11) is 0. The van der Waals surface area contributed by atoms with E-state index in [0.29, 0.717) is 5.82 Å². The van der Waals surface area contributed by atoms with Crippen LogP contribution in [0.15, 0.2) is 5.38 Å². The number of anilines is 2. The van der Waals surface area contributed by atoms with E-state index in [4.69, 9.17) is 11.5 Å². The number of hydrogen-bond donors (Lipinski definition) is 2. The van der Waals surface area contributed by atoms with Gasteiger partial charge in [-0.1, -0.05) is 0 Å². The van der Waals surface area contributed by atoms with Gasteiger partial charge >= 0.3 is 0 Å². The normalized spacial score (nSPS) is 16.3. The topological polar surface area (TPSA) is 98.1 Å². The molecular weight excluding hydrogens is 306 g/mol.